The maximum Gasteiger partial charge on any atom is 0.300 e. The van der Waals surface area contributed by atoms with E-state index >= 15 is 0 Å². The molecular formula is C13H15N3O8. The second-order valence-electron chi connectivity index (χ2n) is 5.56. The van der Waals surface area contributed by atoms with Crippen LogP contribution in [0.1, 0.15) is 5.56 Å². The zero-order valence-electron chi connectivity index (χ0n) is 12.2. The normalized spacial score (nSPS) is 30.6. The number of nitro groups is 1. The van der Waals surface area contributed by atoms with Gasteiger partial charge < -0.3 is 25.2 Å². The summed E-state index contributed by atoms with van der Waals surface area (Å²) < 4.78 is 9.64. The van der Waals surface area contributed by atoms with Crippen LogP contribution < -0.4 is 0 Å². The Morgan fingerprint density at radius 3 is 2.54 bits per heavy atom. The molecule has 0 aliphatic carbocycles. The molecule has 2 aromatic rings. The summed E-state index contributed by atoms with van der Waals surface area (Å²) in [5, 5.41) is 57.3. The van der Waals surface area contributed by atoms with Crippen LogP contribution >= 0.6 is 0 Å². The first-order valence-electron chi connectivity index (χ1n) is 7.13. The lowest BCUT2D eigenvalue weighted by atomic mass is 9.86. The van der Waals surface area contributed by atoms with E-state index < -0.39 is 42.1 Å². The fourth-order valence-electron chi connectivity index (χ4n) is 2.85. The van der Waals surface area contributed by atoms with Gasteiger partial charge in [-0.25, -0.2) is 4.63 Å². The van der Waals surface area contributed by atoms with Crippen LogP contribution in [0.15, 0.2) is 16.8 Å². The number of rotatable bonds is 4. The molecule has 1 saturated heterocycles. The Hall–Kier alpha value is -2.18. The average molecular weight is 341 g/mol. The van der Waals surface area contributed by atoms with E-state index in [1.54, 1.807) is 0 Å². The molecule has 2 heterocycles. The van der Waals surface area contributed by atoms with Crippen molar-refractivity contribution in [3.8, 4) is 0 Å². The lowest BCUT2D eigenvalue weighted by Gasteiger charge is -2.40. The van der Waals surface area contributed by atoms with Gasteiger partial charge in [-0.3, -0.25) is 10.1 Å². The Kier molecular flexibility index (Phi) is 4.43. The molecule has 0 bridgehead atoms. The number of fused-ring (bicyclic) bond motifs is 1. The fourth-order valence-corrected chi connectivity index (χ4v) is 2.85. The first-order valence-corrected chi connectivity index (χ1v) is 7.13. The summed E-state index contributed by atoms with van der Waals surface area (Å²) in [5.74, 6) is -0.927. The summed E-state index contributed by atoms with van der Waals surface area (Å²) in [6, 6.07) is 2.63. The number of aliphatic hydroxyl groups excluding tert-OH is 4. The maximum absolute atomic E-state index is 11.0. The summed E-state index contributed by atoms with van der Waals surface area (Å²) in [5.41, 5.74) is 0.226. The van der Waals surface area contributed by atoms with Gasteiger partial charge in [0.1, 0.15) is 17.7 Å². The van der Waals surface area contributed by atoms with E-state index in [-0.39, 0.29) is 23.1 Å². The van der Waals surface area contributed by atoms with Gasteiger partial charge in [0.25, 0.3) is 0 Å². The largest absolute Gasteiger partial charge is 0.394 e. The Bertz CT molecular complexity index is 750. The predicted octanol–water partition coefficient (Wildman–Crippen LogP) is -1.28. The molecule has 11 nitrogen and oxygen atoms in total. The zero-order chi connectivity index (χ0) is 17.4. The van der Waals surface area contributed by atoms with Gasteiger partial charge in [-0.2, -0.15) is 0 Å². The summed E-state index contributed by atoms with van der Waals surface area (Å²) in [7, 11) is 0. The minimum atomic E-state index is -1.44. The molecule has 4 N–H and O–H groups in total. The van der Waals surface area contributed by atoms with Gasteiger partial charge in [0.15, 0.2) is 6.29 Å². The summed E-state index contributed by atoms with van der Waals surface area (Å²) in [6.45, 7) is -0.559. The first-order chi connectivity index (χ1) is 11.4. The van der Waals surface area contributed by atoms with E-state index in [2.05, 4.69) is 14.9 Å². The van der Waals surface area contributed by atoms with E-state index in [0.29, 0.717) is 5.56 Å². The minimum Gasteiger partial charge on any atom is -0.394 e. The molecule has 1 fully saturated rings. The van der Waals surface area contributed by atoms with E-state index in [4.69, 9.17) is 9.84 Å². The molecule has 1 aliphatic rings. The third-order valence-corrected chi connectivity index (χ3v) is 4.16. The van der Waals surface area contributed by atoms with Crippen molar-refractivity contribution in [2.45, 2.75) is 31.0 Å². The number of aromatic nitrogens is 2. The molecule has 1 aromatic carbocycles. The summed E-state index contributed by atoms with van der Waals surface area (Å²) in [6.07, 6.45) is -5.29. The number of ether oxygens (including phenoxy) is 1. The van der Waals surface area contributed by atoms with Gasteiger partial charge in [-0.15, -0.1) is 0 Å². The van der Waals surface area contributed by atoms with E-state index in [1.807, 2.05) is 0 Å². The van der Waals surface area contributed by atoms with Crippen molar-refractivity contribution in [1.29, 1.82) is 0 Å². The number of hydrogen-bond donors (Lipinski definition) is 4. The Morgan fingerprint density at radius 1 is 1.17 bits per heavy atom. The maximum atomic E-state index is 11.0. The van der Waals surface area contributed by atoms with Gasteiger partial charge in [-0.1, -0.05) is 0 Å². The summed E-state index contributed by atoms with van der Waals surface area (Å²) >= 11 is 0. The van der Waals surface area contributed by atoms with Gasteiger partial charge in [0.05, 0.1) is 17.6 Å². The van der Waals surface area contributed by atoms with Crippen LogP contribution in [0.5, 0.6) is 0 Å². The van der Waals surface area contributed by atoms with Crippen LogP contribution in [0.3, 0.4) is 0 Å². The van der Waals surface area contributed by atoms with Crippen LogP contribution in [0.2, 0.25) is 0 Å². The van der Waals surface area contributed by atoms with Crippen LogP contribution in [0.25, 0.3) is 11.0 Å². The molecule has 24 heavy (non-hydrogen) atoms. The summed E-state index contributed by atoms with van der Waals surface area (Å²) in [4.78, 5) is 10.3. The number of benzene rings is 1. The highest BCUT2D eigenvalue weighted by molar-refractivity contribution is 5.85. The molecule has 11 heteroatoms. The third kappa shape index (κ3) is 2.72. The molecular weight excluding hydrogens is 326 g/mol. The number of hydrogen-bond acceptors (Lipinski definition) is 10. The van der Waals surface area contributed by atoms with E-state index in [0.717, 1.165) is 0 Å². The minimum absolute atomic E-state index is 0.000248. The number of nitro benzene ring substituents is 1. The second kappa shape index (κ2) is 6.37. The van der Waals surface area contributed by atoms with Crippen LogP contribution in [-0.2, 0) is 11.2 Å². The van der Waals surface area contributed by atoms with E-state index in [9.17, 15) is 25.4 Å². The molecule has 1 aromatic heterocycles. The highest BCUT2D eigenvalue weighted by Gasteiger charge is 2.43. The number of nitrogens with zero attached hydrogens (tertiary/aromatic N) is 3. The second-order valence-corrected chi connectivity index (χ2v) is 5.56. The highest BCUT2D eigenvalue weighted by Crippen LogP contribution is 2.32. The lowest BCUT2D eigenvalue weighted by Crippen LogP contribution is -2.56. The molecule has 0 amide bonds. The van der Waals surface area contributed by atoms with Crippen molar-refractivity contribution in [3.05, 3.63) is 27.8 Å². The molecule has 0 spiro atoms. The predicted molar refractivity (Wildman–Crippen MR) is 75.6 cm³/mol. The molecule has 3 rings (SSSR count). The van der Waals surface area contributed by atoms with Gasteiger partial charge in [-0.05, 0) is 28.4 Å². The Morgan fingerprint density at radius 2 is 1.88 bits per heavy atom. The number of aliphatic hydroxyl groups is 4. The van der Waals surface area contributed by atoms with Gasteiger partial charge in [0, 0.05) is 12.0 Å². The molecule has 130 valence electrons. The van der Waals surface area contributed by atoms with Crippen LogP contribution in [0.4, 0.5) is 5.69 Å². The molecule has 5 atom stereocenters. The standard InChI is InChI=1S/C13H15N3O8/c17-4-8-12(19)11(18)6(13(20)23-8)3-5-1-2-7(16(21)22)10-9(5)14-24-15-10/h1-2,6,8,11-13,17-20H,3-4H2/t6-,8?,11?,12-,13?/m1/s1. The topological polar surface area (TPSA) is 172 Å². The van der Waals surface area contributed by atoms with Gasteiger partial charge >= 0.3 is 5.69 Å². The first kappa shape index (κ1) is 16.7. The van der Waals surface area contributed by atoms with Crippen molar-refractivity contribution in [2.24, 2.45) is 5.92 Å². The average Bonchev–Trinajstić information content (AvgIpc) is 3.04. The van der Waals surface area contributed by atoms with Crippen LogP contribution in [-0.4, -0.2) is 66.9 Å². The Balaban J connectivity index is 1.91. The molecule has 0 saturated carbocycles. The molecule has 0 radical (unpaired) electrons. The monoisotopic (exact) mass is 341 g/mol. The fraction of sp³-hybridized carbons (Fsp3) is 0.538. The van der Waals surface area contributed by atoms with Crippen molar-refractivity contribution in [2.75, 3.05) is 6.61 Å². The zero-order valence-corrected chi connectivity index (χ0v) is 12.2. The lowest BCUT2D eigenvalue weighted by molar-refractivity contribution is -0.383. The van der Waals surface area contributed by atoms with Crippen molar-refractivity contribution >= 4 is 16.7 Å². The molecule has 3 unspecified atom stereocenters. The van der Waals surface area contributed by atoms with E-state index in [1.165, 1.54) is 12.1 Å². The van der Waals surface area contributed by atoms with Crippen LogP contribution in [0, 0.1) is 16.0 Å². The quantitative estimate of drug-likeness (QED) is 0.387. The smallest absolute Gasteiger partial charge is 0.300 e. The highest BCUT2D eigenvalue weighted by atomic mass is 16.6. The SMILES string of the molecule is O=[N+]([O-])c1ccc(C[C@H]2C(O)OC(CO)[C@@H](O)C2O)c2nonc12. The van der Waals surface area contributed by atoms with Crippen molar-refractivity contribution in [3.63, 3.8) is 0 Å². The third-order valence-electron chi connectivity index (χ3n) is 4.16. The van der Waals surface area contributed by atoms with Gasteiger partial charge in [0.2, 0.25) is 5.52 Å². The van der Waals surface area contributed by atoms with Crippen molar-refractivity contribution in [1.82, 2.24) is 10.3 Å². The number of non-ortho nitro benzene ring substituents is 1. The van der Waals surface area contributed by atoms with Crippen molar-refractivity contribution < 1.29 is 34.7 Å². The Labute approximate surface area is 134 Å². The molecule has 1 aliphatic heterocycles.